The number of pyridine rings is 1. The molecule has 0 bridgehead atoms. The van der Waals surface area contributed by atoms with Gasteiger partial charge in [-0.1, -0.05) is 11.6 Å². The maximum atomic E-state index is 12.8. The second kappa shape index (κ2) is 7.94. The lowest BCUT2D eigenvalue weighted by Gasteiger charge is -2.17. The van der Waals surface area contributed by atoms with Crippen molar-refractivity contribution < 1.29 is 9.53 Å². The van der Waals surface area contributed by atoms with E-state index in [4.69, 9.17) is 16.3 Å². The number of benzene rings is 1. The predicted octanol–water partition coefficient (Wildman–Crippen LogP) is 4.39. The van der Waals surface area contributed by atoms with Gasteiger partial charge in [0.15, 0.2) is 0 Å². The Morgan fingerprint density at radius 1 is 1.18 bits per heavy atom. The van der Waals surface area contributed by atoms with Crippen molar-refractivity contribution in [2.45, 2.75) is 12.8 Å². The van der Waals surface area contributed by atoms with Crippen LogP contribution < -0.4 is 15.0 Å². The molecule has 3 heterocycles. The van der Waals surface area contributed by atoms with Crippen LogP contribution in [0.2, 0.25) is 5.02 Å². The average Bonchev–Trinajstić information content (AvgIpc) is 3.42. The number of hydrogen-bond acceptors (Lipinski definition) is 4. The van der Waals surface area contributed by atoms with Crippen LogP contribution in [0.3, 0.4) is 0 Å². The Hall–Kier alpha value is -2.99. The number of rotatable bonds is 5. The number of anilines is 2. The van der Waals surface area contributed by atoms with Crippen LogP contribution in [0.5, 0.6) is 5.75 Å². The minimum Gasteiger partial charge on any atom is -0.496 e. The molecule has 1 fully saturated rings. The molecule has 3 aromatic rings. The lowest BCUT2D eigenvalue weighted by Crippen LogP contribution is -2.18. The van der Waals surface area contributed by atoms with Crippen LogP contribution in [0.4, 0.5) is 11.5 Å². The molecule has 0 unspecified atom stereocenters. The Balaban J connectivity index is 1.55. The standard InChI is InChI=1S/C21H21ClN4O2/c1-28-19-13-18(26-10-4-5-11-26)17(22)12-16(19)21(27)24-20-7-6-15(14-23-20)25-8-2-3-9-25/h4-7,10-14H,2-3,8-9H2,1H3,(H,23,24,27). The van der Waals surface area contributed by atoms with E-state index in [1.807, 2.05) is 41.2 Å². The largest absolute Gasteiger partial charge is 0.496 e. The number of amides is 1. The maximum absolute atomic E-state index is 12.8. The van der Waals surface area contributed by atoms with E-state index in [2.05, 4.69) is 15.2 Å². The van der Waals surface area contributed by atoms with Crippen molar-refractivity contribution in [1.82, 2.24) is 9.55 Å². The molecular formula is C21H21ClN4O2. The van der Waals surface area contributed by atoms with Crippen molar-refractivity contribution >= 4 is 29.0 Å². The monoisotopic (exact) mass is 396 g/mol. The zero-order valence-electron chi connectivity index (χ0n) is 15.6. The lowest BCUT2D eigenvalue weighted by atomic mass is 10.1. The zero-order valence-corrected chi connectivity index (χ0v) is 16.3. The summed E-state index contributed by atoms with van der Waals surface area (Å²) in [5.41, 5.74) is 2.18. The van der Waals surface area contributed by atoms with Crippen molar-refractivity contribution in [2.75, 3.05) is 30.4 Å². The number of aromatic nitrogens is 2. The second-order valence-corrected chi connectivity index (χ2v) is 7.05. The number of ether oxygens (including phenoxy) is 1. The highest BCUT2D eigenvalue weighted by Crippen LogP contribution is 2.30. The summed E-state index contributed by atoms with van der Waals surface area (Å²) in [5, 5.41) is 3.28. The number of hydrogen-bond donors (Lipinski definition) is 1. The van der Waals surface area contributed by atoms with Crippen LogP contribution in [0, 0.1) is 0 Å². The number of carbonyl (C=O) groups excluding carboxylic acids is 1. The van der Waals surface area contributed by atoms with E-state index in [0.717, 1.165) is 24.5 Å². The van der Waals surface area contributed by atoms with E-state index in [1.54, 1.807) is 18.3 Å². The molecule has 1 aliphatic rings. The predicted molar refractivity (Wildman–Crippen MR) is 111 cm³/mol. The molecular weight excluding hydrogens is 376 g/mol. The first-order chi connectivity index (χ1) is 13.7. The van der Waals surface area contributed by atoms with Gasteiger partial charge >= 0.3 is 0 Å². The molecule has 7 heteroatoms. The molecule has 1 aliphatic heterocycles. The maximum Gasteiger partial charge on any atom is 0.260 e. The van der Waals surface area contributed by atoms with E-state index in [1.165, 1.54) is 20.0 Å². The van der Waals surface area contributed by atoms with Gasteiger partial charge in [-0.05, 0) is 43.2 Å². The Morgan fingerprint density at radius 3 is 2.57 bits per heavy atom. The topological polar surface area (TPSA) is 59.4 Å². The minimum absolute atomic E-state index is 0.320. The molecule has 0 radical (unpaired) electrons. The van der Waals surface area contributed by atoms with E-state index < -0.39 is 0 Å². The number of nitrogens with one attached hydrogen (secondary N) is 1. The Bertz CT molecular complexity index is 965. The molecule has 1 saturated heterocycles. The summed E-state index contributed by atoms with van der Waals surface area (Å²) in [5.74, 6) is 0.610. The van der Waals surface area contributed by atoms with Gasteiger partial charge in [0.2, 0.25) is 0 Å². The minimum atomic E-state index is -0.320. The van der Waals surface area contributed by atoms with E-state index in [9.17, 15) is 4.79 Å². The average molecular weight is 397 g/mol. The van der Waals surface area contributed by atoms with Crippen molar-refractivity contribution in [1.29, 1.82) is 0 Å². The van der Waals surface area contributed by atoms with Crippen molar-refractivity contribution in [3.05, 3.63) is 65.6 Å². The van der Waals surface area contributed by atoms with Crippen LogP contribution in [-0.2, 0) is 0 Å². The second-order valence-electron chi connectivity index (χ2n) is 6.64. The molecule has 2 aromatic heterocycles. The molecule has 6 nitrogen and oxygen atoms in total. The summed E-state index contributed by atoms with van der Waals surface area (Å²) in [6.07, 6.45) is 7.97. The van der Waals surface area contributed by atoms with Gasteiger partial charge in [-0.2, -0.15) is 0 Å². The van der Waals surface area contributed by atoms with Gasteiger partial charge in [0, 0.05) is 31.5 Å². The van der Waals surface area contributed by atoms with Gasteiger partial charge in [0.1, 0.15) is 11.6 Å². The molecule has 0 atom stereocenters. The summed E-state index contributed by atoms with van der Waals surface area (Å²) in [6, 6.07) is 11.0. The van der Waals surface area contributed by atoms with Crippen molar-refractivity contribution in [3.63, 3.8) is 0 Å². The van der Waals surface area contributed by atoms with E-state index >= 15 is 0 Å². The van der Waals surface area contributed by atoms with Crippen LogP contribution >= 0.6 is 11.6 Å². The summed E-state index contributed by atoms with van der Waals surface area (Å²) in [4.78, 5) is 19.4. The number of halogens is 1. The third-order valence-corrected chi connectivity index (χ3v) is 5.16. The third-order valence-electron chi connectivity index (χ3n) is 4.86. The molecule has 1 N–H and O–H groups in total. The highest BCUT2D eigenvalue weighted by atomic mass is 35.5. The first kappa shape index (κ1) is 18.4. The van der Waals surface area contributed by atoms with Crippen LogP contribution in [0.15, 0.2) is 55.0 Å². The quantitative estimate of drug-likeness (QED) is 0.695. The van der Waals surface area contributed by atoms with Crippen molar-refractivity contribution in [2.24, 2.45) is 0 Å². The molecule has 1 aromatic carbocycles. The van der Waals surface area contributed by atoms with Crippen LogP contribution in [0.25, 0.3) is 5.69 Å². The van der Waals surface area contributed by atoms with Crippen LogP contribution in [0.1, 0.15) is 23.2 Å². The van der Waals surface area contributed by atoms with Gasteiger partial charge < -0.3 is 19.5 Å². The van der Waals surface area contributed by atoms with E-state index in [-0.39, 0.29) is 5.91 Å². The molecule has 0 spiro atoms. The smallest absolute Gasteiger partial charge is 0.260 e. The first-order valence-corrected chi connectivity index (χ1v) is 9.57. The Labute approximate surface area is 168 Å². The summed E-state index contributed by atoms with van der Waals surface area (Å²) < 4.78 is 7.29. The van der Waals surface area contributed by atoms with Gasteiger partial charge in [0.05, 0.1) is 35.3 Å². The van der Waals surface area contributed by atoms with Gasteiger partial charge in [-0.15, -0.1) is 0 Å². The fraction of sp³-hybridized carbons (Fsp3) is 0.238. The normalized spacial score (nSPS) is 13.6. The fourth-order valence-corrected chi connectivity index (χ4v) is 3.65. The highest BCUT2D eigenvalue weighted by molar-refractivity contribution is 6.33. The lowest BCUT2D eigenvalue weighted by molar-refractivity contribution is 0.102. The Kier molecular flexibility index (Phi) is 5.21. The first-order valence-electron chi connectivity index (χ1n) is 9.19. The van der Waals surface area contributed by atoms with Gasteiger partial charge in [0.25, 0.3) is 5.91 Å². The summed E-state index contributed by atoms with van der Waals surface area (Å²) in [7, 11) is 1.53. The Morgan fingerprint density at radius 2 is 1.93 bits per heavy atom. The van der Waals surface area contributed by atoms with Gasteiger partial charge in [-0.25, -0.2) is 4.98 Å². The fourth-order valence-electron chi connectivity index (χ4n) is 3.39. The third kappa shape index (κ3) is 3.68. The van der Waals surface area contributed by atoms with Crippen molar-refractivity contribution in [3.8, 4) is 11.4 Å². The molecule has 0 saturated carbocycles. The molecule has 0 aliphatic carbocycles. The SMILES string of the molecule is COc1cc(-n2cccc2)c(Cl)cc1C(=O)Nc1ccc(N2CCCC2)cn1. The molecule has 4 rings (SSSR count). The number of methoxy groups -OCH3 is 1. The molecule has 144 valence electrons. The number of carbonyl (C=O) groups is 1. The van der Waals surface area contributed by atoms with Gasteiger partial charge in [-0.3, -0.25) is 4.79 Å². The molecule has 28 heavy (non-hydrogen) atoms. The zero-order chi connectivity index (χ0) is 19.5. The van der Waals surface area contributed by atoms with E-state index in [0.29, 0.717) is 22.2 Å². The molecule has 1 amide bonds. The van der Waals surface area contributed by atoms with Crippen LogP contribution in [-0.4, -0.2) is 35.7 Å². The summed E-state index contributed by atoms with van der Waals surface area (Å²) >= 11 is 6.41. The number of nitrogens with zero attached hydrogens (tertiary/aromatic N) is 3. The summed E-state index contributed by atoms with van der Waals surface area (Å²) in [6.45, 7) is 2.10. The highest BCUT2D eigenvalue weighted by Gasteiger charge is 2.18.